The zero-order valence-corrected chi connectivity index (χ0v) is 11.9. The van der Waals surface area contributed by atoms with E-state index in [-0.39, 0.29) is 0 Å². The Kier molecular flexibility index (Phi) is 3.89. The van der Waals surface area contributed by atoms with E-state index in [2.05, 4.69) is 44.7 Å². The molecule has 0 saturated carbocycles. The second kappa shape index (κ2) is 5.23. The van der Waals surface area contributed by atoms with E-state index in [0.717, 1.165) is 29.9 Å². The molecule has 1 aromatic rings. The van der Waals surface area contributed by atoms with Crippen molar-refractivity contribution in [2.75, 3.05) is 37.3 Å². The second-order valence-electron chi connectivity index (χ2n) is 4.56. The quantitative estimate of drug-likeness (QED) is 0.907. The van der Waals surface area contributed by atoms with Gasteiger partial charge in [-0.15, -0.1) is 0 Å². The third-order valence-electron chi connectivity index (χ3n) is 3.39. The van der Waals surface area contributed by atoms with Gasteiger partial charge in [-0.25, -0.2) is 4.98 Å². The molecule has 0 spiro atoms. The van der Waals surface area contributed by atoms with Gasteiger partial charge in [0.05, 0.1) is 16.4 Å². The molecule has 1 saturated heterocycles. The van der Waals surface area contributed by atoms with Crippen molar-refractivity contribution in [2.45, 2.75) is 19.4 Å². The van der Waals surface area contributed by atoms with Crippen molar-refractivity contribution in [3.05, 3.63) is 16.7 Å². The van der Waals surface area contributed by atoms with Crippen molar-refractivity contribution in [3.8, 4) is 0 Å². The molecule has 2 heterocycles. The summed E-state index contributed by atoms with van der Waals surface area (Å²) in [6.45, 7) is 5.36. The zero-order chi connectivity index (χ0) is 12.4. The van der Waals surface area contributed by atoms with Crippen LogP contribution in [0.15, 0.2) is 16.7 Å². The maximum Gasteiger partial charge on any atom is 0.143 e. The predicted octanol–water partition coefficient (Wildman–Crippen LogP) is 1.96. The predicted molar refractivity (Wildman–Crippen MR) is 75.3 cm³/mol. The second-order valence-corrected chi connectivity index (χ2v) is 5.42. The first-order valence-corrected chi connectivity index (χ1v) is 6.77. The average molecular weight is 299 g/mol. The highest BCUT2D eigenvalue weighted by Crippen LogP contribution is 2.27. The molecular weight excluding hydrogens is 280 g/mol. The number of hydrogen-bond donors (Lipinski definition) is 1. The van der Waals surface area contributed by atoms with E-state index >= 15 is 0 Å². The minimum Gasteiger partial charge on any atom is -0.397 e. The van der Waals surface area contributed by atoms with Gasteiger partial charge >= 0.3 is 0 Å². The standard InChI is InChI=1S/C12H19BrN4/c1-3-10-8-17(5-4-16(10)2)12-11(13)6-9(14)7-15-12/h6-7,10H,3-5,8,14H2,1-2H3. The van der Waals surface area contributed by atoms with Crippen LogP contribution in [-0.4, -0.2) is 42.6 Å². The fraction of sp³-hybridized carbons (Fsp3) is 0.583. The fourth-order valence-electron chi connectivity index (χ4n) is 2.26. The van der Waals surface area contributed by atoms with Crippen LogP contribution in [0.25, 0.3) is 0 Å². The monoisotopic (exact) mass is 298 g/mol. The topological polar surface area (TPSA) is 45.4 Å². The SMILES string of the molecule is CCC1CN(c2ncc(N)cc2Br)CCN1C. The third-order valence-corrected chi connectivity index (χ3v) is 3.97. The number of nitrogens with two attached hydrogens (primary N) is 1. The van der Waals surface area contributed by atoms with Gasteiger partial charge < -0.3 is 10.6 Å². The van der Waals surface area contributed by atoms with Crippen LogP contribution >= 0.6 is 15.9 Å². The van der Waals surface area contributed by atoms with E-state index in [1.165, 1.54) is 6.42 Å². The van der Waals surface area contributed by atoms with Gasteiger partial charge in [-0.3, -0.25) is 4.90 Å². The number of nitrogens with zero attached hydrogens (tertiary/aromatic N) is 3. The number of rotatable bonds is 2. The summed E-state index contributed by atoms with van der Waals surface area (Å²) in [5.41, 5.74) is 6.41. The Balaban J connectivity index is 2.17. The minimum absolute atomic E-state index is 0.606. The Morgan fingerprint density at radius 2 is 2.29 bits per heavy atom. The molecule has 0 bridgehead atoms. The van der Waals surface area contributed by atoms with E-state index in [9.17, 15) is 0 Å². The van der Waals surface area contributed by atoms with Crippen molar-refractivity contribution < 1.29 is 0 Å². The van der Waals surface area contributed by atoms with Gasteiger partial charge in [0.25, 0.3) is 0 Å². The highest BCUT2D eigenvalue weighted by Gasteiger charge is 2.24. The van der Waals surface area contributed by atoms with E-state index < -0.39 is 0 Å². The molecule has 1 aromatic heterocycles. The summed E-state index contributed by atoms with van der Waals surface area (Å²) >= 11 is 3.54. The van der Waals surface area contributed by atoms with Crippen LogP contribution in [0, 0.1) is 0 Å². The highest BCUT2D eigenvalue weighted by atomic mass is 79.9. The first kappa shape index (κ1) is 12.6. The first-order valence-electron chi connectivity index (χ1n) is 5.98. The summed E-state index contributed by atoms with van der Waals surface area (Å²) in [5, 5.41) is 0. The van der Waals surface area contributed by atoms with Gasteiger partial charge in [0, 0.05) is 25.7 Å². The largest absolute Gasteiger partial charge is 0.397 e. The maximum atomic E-state index is 5.71. The summed E-state index contributed by atoms with van der Waals surface area (Å²) < 4.78 is 0.983. The summed E-state index contributed by atoms with van der Waals surface area (Å²) in [5.74, 6) is 1.01. The number of hydrogen-bond acceptors (Lipinski definition) is 4. The Morgan fingerprint density at radius 1 is 1.53 bits per heavy atom. The molecule has 2 rings (SSSR count). The van der Waals surface area contributed by atoms with Crippen LogP contribution in [0.5, 0.6) is 0 Å². The molecule has 94 valence electrons. The fourth-order valence-corrected chi connectivity index (χ4v) is 2.87. The number of nitrogen functional groups attached to an aromatic ring is 1. The van der Waals surface area contributed by atoms with Crippen molar-refractivity contribution in [1.82, 2.24) is 9.88 Å². The summed E-state index contributed by atoms with van der Waals surface area (Å²) in [6.07, 6.45) is 2.89. The summed E-state index contributed by atoms with van der Waals surface area (Å²) in [7, 11) is 2.19. The van der Waals surface area contributed by atoms with Crippen molar-refractivity contribution in [3.63, 3.8) is 0 Å². The molecule has 0 aliphatic carbocycles. The van der Waals surface area contributed by atoms with Gasteiger partial charge in [-0.1, -0.05) is 6.92 Å². The number of likely N-dealkylation sites (N-methyl/N-ethyl adjacent to an activating group) is 1. The lowest BCUT2D eigenvalue weighted by Crippen LogP contribution is -2.51. The van der Waals surface area contributed by atoms with Crippen molar-refractivity contribution >= 4 is 27.4 Å². The van der Waals surface area contributed by atoms with Gasteiger partial charge in [-0.2, -0.15) is 0 Å². The Hall–Kier alpha value is -0.810. The Bertz CT molecular complexity index is 396. The molecule has 1 atom stereocenters. The number of aromatic nitrogens is 1. The third kappa shape index (κ3) is 2.72. The first-order chi connectivity index (χ1) is 8.11. The van der Waals surface area contributed by atoms with Gasteiger partial charge in [0.15, 0.2) is 0 Å². The highest BCUT2D eigenvalue weighted by molar-refractivity contribution is 9.10. The summed E-state index contributed by atoms with van der Waals surface area (Å²) in [6, 6.07) is 2.52. The molecular formula is C12H19BrN4. The molecule has 17 heavy (non-hydrogen) atoms. The maximum absolute atomic E-state index is 5.71. The molecule has 2 N–H and O–H groups in total. The zero-order valence-electron chi connectivity index (χ0n) is 10.4. The van der Waals surface area contributed by atoms with Crippen LogP contribution in [-0.2, 0) is 0 Å². The van der Waals surface area contributed by atoms with E-state index in [1.54, 1.807) is 6.20 Å². The van der Waals surface area contributed by atoms with Gasteiger partial charge in [0.2, 0.25) is 0 Å². The molecule has 0 radical (unpaired) electrons. The molecule has 4 nitrogen and oxygen atoms in total. The van der Waals surface area contributed by atoms with Gasteiger partial charge in [-0.05, 0) is 35.5 Å². The van der Waals surface area contributed by atoms with Crippen LogP contribution in [0.4, 0.5) is 11.5 Å². The Morgan fingerprint density at radius 3 is 2.94 bits per heavy atom. The molecule has 0 amide bonds. The van der Waals surface area contributed by atoms with Gasteiger partial charge in [0.1, 0.15) is 5.82 Å². The number of halogens is 1. The lowest BCUT2D eigenvalue weighted by atomic mass is 10.1. The van der Waals surface area contributed by atoms with E-state index in [4.69, 9.17) is 5.73 Å². The number of piperazine rings is 1. The number of pyridine rings is 1. The normalized spacial score (nSPS) is 21.8. The molecule has 5 heteroatoms. The molecule has 1 unspecified atom stereocenters. The lowest BCUT2D eigenvalue weighted by molar-refractivity contribution is 0.213. The molecule has 1 aliphatic heterocycles. The average Bonchev–Trinajstić information content (AvgIpc) is 2.30. The summed E-state index contributed by atoms with van der Waals surface area (Å²) in [4.78, 5) is 9.18. The minimum atomic E-state index is 0.606. The van der Waals surface area contributed by atoms with Crippen molar-refractivity contribution in [1.29, 1.82) is 0 Å². The van der Waals surface area contributed by atoms with Crippen LogP contribution < -0.4 is 10.6 Å². The van der Waals surface area contributed by atoms with Crippen LogP contribution in [0.2, 0.25) is 0 Å². The molecule has 1 fully saturated rings. The van der Waals surface area contributed by atoms with E-state index in [1.807, 2.05) is 6.07 Å². The van der Waals surface area contributed by atoms with Crippen LogP contribution in [0.1, 0.15) is 13.3 Å². The molecule has 1 aliphatic rings. The van der Waals surface area contributed by atoms with Crippen molar-refractivity contribution in [2.24, 2.45) is 0 Å². The lowest BCUT2D eigenvalue weighted by Gasteiger charge is -2.40. The number of anilines is 2. The smallest absolute Gasteiger partial charge is 0.143 e. The Labute approximate surface area is 111 Å². The van der Waals surface area contributed by atoms with E-state index in [0.29, 0.717) is 11.7 Å². The van der Waals surface area contributed by atoms with Crippen LogP contribution in [0.3, 0.4) is 0 Å². The molecule has 0 aromatic carbocycles.